The molecule has 0 aliphatic heterocycles. The maximum absolute atomic E-state index is 8.88. The molecule has 0 radical (unpaired) electrons. The molecule has 0 bridgehead atoms. The molecule has 0 aliphatic rings. The molecular formula is C12H29CaO4P. The minimum absolute atomic E-state index is 0.0381. The number of hydrogen-bond donors (Lipinski definition) is 3. The number of hydrogen-bond acceptors (Lipinski definition) is 1. The van der Waals surface area contributed by atoms with Gasteiger partial charge in [0.15, 0.2) is 0 Å². The van der Waals surface area contributed by atoms with Gasteiger partial charge in [-0.25, -0.2) is 4.57 Å². The van der Waals surface area contributed by atoms with E-state index in [9.17, 15) is 0 Å². The summed E-state index contributed by atoms with van der Waals surface area (Å²) < 4.78 is 12.2. The Morgan fingerprint density at radius 1 is 0.778 bits per heavy atom. The standard InChI is InChI=1S/2C6H13.Ca.H3O4P/c2*1-3-5-6-4-2;;1-5(2,3)4/h2*1,3-6H2,2H3;;(H3,1,2,3,4). The molecule has 0 atom stereocenters. The summed E-state index contributed by atoms with van der Waals surface area (Å²) in [6.45, 7) is 4.60. The molecule has 3 N–H and O–H groups in total. The van der Waals surface area contributed by atoms with E-state index in [1.807, 2.05) is 0 Å². The first-order valence-electron chi connectivity index (χ1n) is 7.20. The Balaban J connectivity index is 0. The summed E-state index contributed by atoms with van der Waals surface area (Å²) in [5.74, 6) is 0. The van der Waals surface area contributed by atoms with Crippen molar-refractivity contribution >= 4 is 41.7 Å². The molecule has 0 aromatic heterocycles. The van der Waals surface area contributed by atoms with Crippen LogP contribution in [0.5, 0.6) is 0 Å². The van der Waals surface area contributed by atoms with Gasteiger partial charge in [-0.15, -0.1) is 0 Å². The van der Waals surface area contributed by atoms with Gasteiger partial charge in [0, 0.05) is 0 Å². The van der Waals surface area contributed by atoms with Gasteiger partial charge >= 0.3 is 112 Å². The summed E-state index contributed by atoms with van der Waals surface area (Å²) >= 11 is -0.0381. The Morgan fingerprint density at radius 2 is 1.11 bits per heavy atom. The van der Waals surface area contributed by atoms with Gasteiger partial charge in [-0.2, -0.15) is 0 Å². The van der Waals surface area contributed by atoms with Crippen molar-refractivity contribution in [2.45, 2.75) is 70.2 Å². The Kier molecular flexibility index (Phi) is 19.8. The zero-order valence-electron chi connectivity index (χ0n) is 12.0. The SMILES string of the molecule is CCCCC[CH2][Ca][CH2]CCCCC.O=P(O)(O)O. The Labute approximate surface area is 130 Å². The van der Waals surface area contributed by atoms with E-state index >= 15 is 0 Å². The molecule has 0 aromatic rings. The zero-order chi connectivity index (χ0) is 14.3. The summed E-state index contributed by atoms with van der Waals surface area (Å²) in [4.78, 5) is 21.6. The van der Waals surface area contributed by atoms with Crippen LogP contribution in [0, 0.1) is 0 Å². The van der Waals surface area contributed by atoms with Crippen molar-refractivity contribution in [2.24, 2.45) is 0 Å². The van der Waals surface area contributed by atoms with E-state index in [1.165, 1.54) is 38.5 Å². The molecule has 108 valence electrons. The third-order valence-corrected chi connectivity index (χ3v) is 5.83. The van der Waals surface area contributed by atoms with Gasteiger partial charge in [0.2, 0.25) is 0 Å². The Morgan fingerprint density at radius 3 is 1.39 bits per heavy atom. The van der Waals surface area contributed by atoms with Gasteiger partial charge in [0.05, 0.1) is 0 Å². The molecule has 6 heteroatoms. The first-order valence-corrected chi connectivity index (χ1v) is 11.9. The average Bonchev–Trinajstić information content (AvgIpc) is 2.25. The summed E-state index contributed by atoms with van der Waals surface area (Å²) in [5, 5.41) is 0. The van der Waals surface area contributed by atoms with Crippen molar-refractivity contribution in [1.29, 1.82) is 0 Å². The molecule has 0 rings (SSSR count). The van der Waals surface area contributed by atoms with Gasteiger partial charge in [-0.3, -0.25) is 0 Å². The summed E-state index contributed by atoms with van der Waals surface area (Å²) in [6.07, 6.45) is 11.9. The van der Waals surface area contributed by atoms with E-state index in [4.69, 9.17) is 19.2 Å². The minimum atomic E-state index is -4.64. The maximum atomic E-state index is 8.88. The van der Waals surface area contributed by atoms with Crippen LogP contribution in [0.25, 0.3) is 0 Å². The van der Waals surface area contributed by atoms with Crippen molar-refractivity contribution < 1.29 is 19.2 Å². The van der Waals surface area contributed by atoms with Crippen LogP contribution in [0.4, 0.5) is 0 Å². The molecule has 0 heterocycles. The maximum Gasteiger partial charge on any atom is 0.466 e. The van der Waals surface area contributed by atoms with Crippen molar-refractivity contribution in [3.63, 3.8) is 0 Å². The quantitative estimate of drug-likeness (QED) is 0.326. The van der Waals surface area contributed by atoms with Crippen LogP contribution >= 0.6 is 7.82 Å². The summed E-state index contributed by atoms with van der Waals surface area (Å²) in [7, 11) is -4.64. The van der Waals surface area contributed by atoms with Gasteiger partial charge < -0.3 is 14.7 Å². The van der Waals surface area contributed by atoms with Crippen molar-refractivity contribution in [1.82, 2.24) is 0 Å². The van der Waals surface area contributed by atoms with Crippen molar-refractivity contribution in [2.75, 3.05) is 0 Å². The Bertz CT molecular complexity index is 178. The van der Waals surface area contributed by atoms with E-state index in [0.717, 1.165) is 0 Å². The smallest absolute Gasteiger partial charge is 0.303 e. The van der Waals surface area contributed by atoms with E-state index < -0.39 is 7.82 Å². The predicted molar refractivity (Wildman–Crippen MR) is 77.9 cm³/mol. The van der Waals surface area contributed by atoms with Crippen LogP contribution in [-0.2, 0) is 4.57 Å². The molecule has 0 spiro atoms. The summed E-state index contributed by atoms with van der Waals surface area (Å²) in [5.41, 5.74) is 0. The molecular weight excluding hydrogens is 279 g/mol. The third-order valence-electron chi connectivity index (χ3n) is 2.71. The second-order valence-electron chi connectivity index (χ2n) is 4.70. The molecule has 0 unspecified atom stereocenters. The molecule has 0 aromatic carbocycles. The van der Waals surface area contributed by atoms with Crippen LogP contribution in [-0.4, -0.2) is 48.5 Å². The topological polar surface area (TPSA) is 77.8 Å². The number of unbranched alkanes of at least 4 members (excludes halogenated alkanes) is 6. The van der Waals surface area contributed by atoms with Crippen LogP contribution in [0.2, 0.25) is 5.04 Å². The molecule has 0 aliphatic carbocycles. The van der Waals surface area contributed by atoms with Gasteiger partial charge in [-0.05, 0) is 0 Å². The van der Waals surface area contributed by atoms with Crippen molar-refractivity contribution in [3.8, 4) is 0 Å². The van der Waals surface area contributed by atoms with Gasteiger partial charge in [-0.1, -0.05) is 0 Å². The van der Waals surface area contributed by atoms with E-state index in [2.05, 4.69) is 13.8 Å². The second kappa shape index (κ2) is 16.4. The average molecular weight is 308 g/mol. The van der Waals surface area contributed by atoms with E-state index in [0.29, 0.717) is 0 Å². The van der Waals surface area contributed by atoms with Crippen LogP contribution in [0.1, 0.15) is 65.2 Å². The Hall–Kier alpha value is 1.37. The monoisotopic (exact) mass is 308 g/mol. The summed E-state index contributed by atoms with van der Waals surface area (Å²) in [6, 6.07) is 0. The zero-order valence-corrected chi connectivity index (χ0v) is 15.1. The predicted octanol–water partition coefficient (Wildman–Crippen LogP) is 3.76. The minimum Gasteiger partial charge on any atom is -0.303 e. The fourth-order valence-corrected chi connectivity index (χ4v) is 4.50. The number of phosphoric acid groups is 1. The second-order valence-corrected chi connectivity index (χ2v) is 9.03. The fraction of sp³-hybridized carbons (Fsp3) is 1.00. The molecule has 18 heavy (non-hydrogen) atoms. The first-order chi connectivity index (χ1) is 8.41. The normalized spacial score (nSPS) is 10.5. The van der Waals surface area contributed by atoms with E-state index in [1.54, 1.807) is 17.9 Å². The van der Waals surface area contributed by atoms with Crippen molar-refractivity contribution in [3.05, 3.63) is 0 Å². The van der Waals surface area contributed by atoms with Gasteiger partial charge in [0.25, 0.3) is 0 Å². The molecule has 4 nitrogen and oxygen atoms in total. The molecule has 0 saturated carbocycles. The number of rotatable bonds is 10. The first kappa shape index (κ1) is 21.7. The molecule has 0 saturated heterocycles. The molecule has 0 fully saturated rings. The largest absolute Gasteiger partial charge is 0.466 e. The third kappa shape index (κ3) is 36.0. The van der Waals surface area contributed by atoms with Crippen LogP contribution in [0.3, 0.4) is 0 Å². The van der Waals surface area contributed by atoms with Gasteiger partial charge in [0.1, 0.15) is 0 Å². The van der Waals surface area contributed by atoms with Crippen LogP contribution in [0.15, 0.2) is 0 Å². The van der Waals surface area contributed by atoms with E-state index in [-0.39, 0.29) is 33.8 Å². The van der Waals surface area contributed by atoms with Crippen LogP contribution < -0.4 is 0 Å². The fourth-order valence-electron chi connectivity index (χ4n) is 1.74. The molecule has 0 amide bonds.